The highest BCUT2D eigenvalue weighted by Gasteiger charge is 2.45. The number of hydrogen-bond donors (Lipinski definition) is 2. The molecule has 2 aliphatic heterocycles. The molecule has 0 radical (unpaired) electrons. The van der Waals surface area contributed by atoms with Crippen LogP contribution in [0.2, 0.25) is 0 Å². The maximum Gasteiger partial charge on any atom is 0.318 e. The van der Waals surface area contributed by atoms with E-state index >= 15 is 0 Å². The van der Waals surface area contributed by atoms with Gasteiger partial charge in [0.05, 0.1) is 11.4 Å². The molecule has 2 rings (SSSR count). The van der Waals surface area contributed by atoms with Gasteiger partial charge in [0.15, 0.2) is 6.29 Å². The van der Waals surface area contributed by atoms with Crippen LogP contribution in [0, 0.1) is 0 Å². The van der Waals surface area contributed by atoms with Crippen LogP contribution in [0.25, 0.3) is 0 Å². The molecule has 2 amide bonds. The Balaban J connectivity index is 2.02. The number of rotatable bonds is 3. The zero-order chi connectivity index (χ0) is 10.1. The number of aliphatic hydroxyl groups excluding tert-OH is 1. The molecule has 80 valence electrons. The Hall–Kier alpha value is -0.460. The minimum absolute atomic E-state index is 0.0937. The van der Waals surface area contributed by atoms with Crippen LogP contribution in [0.5, 0.6) is 0 Å². The number of fused-ring (bicyclic) bond motifs is 1. The highest BCUT2D eigenvalue weighted by molar-refractivity contribution is 8.00. The molecular weight excluding hydrogens is 204 g/mol. The van der Waals surface area contributed by atoms with E-state index in [1.165, 1.54) is 0 Å². The smallest absolute Gasteiger partial charge is 0.318 e. The van der Waals surface area contributed by atoms with Crippen molar-refractivity contribution in [1.29, 1.82) is 0 Å². The third-order valence-electron chi connectivity index (χ3n) is 2.46. The standard InChI is InChI=1S/C8H14N2O3S/c1-2-13-7(11)5-4-14-6-3-9-8(12)10(5)6/h5-7,11H,2-4H2,1H3,(H,9,12)/t5-,6?,7?/m1/s1. The number of carbonyl (C=O) groups excluding carboxylic acids is 1. The van der Waals surface area contributed by atoms with Crippen LogP contribution in [0.3, 0.4) is 0 Å². The molecule has 2 saturated heterocycles. The molecule has 2 unspecified atom stereocenters. The summed E-state index contributed by atoms with van der Waals surface area (Å²) in [7, 11) is 0. The molecule has 0 bridgehead atoms. The van der Waals surface area contributed by atoms with E-state index in [4.69, 9.17) is 4.74 Å². The van der Waals surface area contributed by atoms with E-state index in [9.17, 15) is 9.90 Å². The summed E-state index contributed by atoms with van der Waals surface area (Å²) in [6.07, 6.45) is -0.860. The topological polar surface area (TPSA) is 61.8 Å². The van der Waals surface area contributed by atoms with Gasteiger partial charge in [-0.05, 0) is 6.92 Å². The van der Waals surface area contributed by atoms with Crippen molar-refractivity contribution < 1.29 is 14.6 Å². The van der Waals surface area contributed by atoms with E-state index in [0.29, 0.717) is 13.2 Å². The van der Waals surface area contributed by atoms with Gasteiger partial charge in [0, 0.05) is 18.9 Å². The van der Waals surface area contributed by atoms with Gasteiger partial charge >= 0.3 is 6.03 Å². The zero-order valence-electron chi connectivity index (χ0n) is 7.97. The number of amides is 2. The number of carbonyl (C=O) groups is 1. The summed E-state index contributed by atoms with van der Waals surface area (Å²) in [5.74, 6) is 0.749. The second kappa shape index (κ2) is 3.96. The van der Waals surface area contributed by atoms with Crippen molar-refractivity contribution in [2.75, 3.05) is 18.9 Å². The SMILES string of the molecule is CCOC(O)[C@H]1CSC2CNC(=O)N21. The van der Waals surface area contributed by atoms with Crippen LogP contribution in [0.4, 0.5) is 4.79 Å². The molecule has 3 atom stereocenters. The number of aliphatic hydroxyl groups is 1. The zero-order valence-corrected chi connectivity index (χ0v) is 8.79. The summed E-state index contributed by atoms with van der Waals surface area (Å²) in [4.78, 5) is 13.1. The Morgan fingerprint density at radius 1 is 1.86 bits per heavy atom. The fourth-order valence-corrected chi connectivity index (χ4v) is 3.15. The minimum Gasteiger partial charge on any atom is -0.366 e. The van der Waals surface area contributed by atoms with Gasteiger partial charge in [-0.15, -0.1) is 11.8 Å². The number of nitrogens with one attached hydrogen (secondary N) is 1. The summed E-state index contributed by atoms with van der Waals surface area (Å²) < 4.78 is 5.10. The molecule has 14 heavy (non-hydrogen) atoms. The van der Waals surface area contributed by atoms with Crippen LogP contribution in [0.15, 0.2) is 0 Å². The molecule has 0 aromatic rings. The van der Waals surface area contributed by atoms with Gasteiger partial charge in [-0.25, -0.2) is 4.79 Å². The second-order valence-electron chi connectivity index (χ2n) is 3.29. The Labute approximate surface area is 86.8 Å². The molecule has 0 aromatic heterocycles. The van der Waals surface area contributed by atoms with Crippen LogP contribution in [-0.4, -0.2) is 52.6 Å². The predicted molar refractivity (Wildman–Crippen MR) is 52.9 cm³/mol. The van der Waals surface area contributed by atoms with Gasteiger partial charge in [-0.1, -0.05) is 0 Å². The minimum atomic E-state index is -0.860. The first kappa shape index (κ1) is 10.1. The van der Waals surface area contributed by atoms with Gasteiger partial charge in [-0.2, -0.15) is 0 Å². The molecular formula is C8H14N2O3S. The maximum atomic E-state index is 11.4. The summed E-state index contributed by atoms with van der Waals surface area (Å²) in [5, 5.41) is 12.6. The summed E-state index contributed by atoms with van der Waals surface area (Å²) in [6.45, 7) is 2.95. The van der Waals surface area contributed by atoms with Crippen molar-refractivity contribution >= 4 is 17.8 Å². The number of urea groups is 1. The number of thioether (sulfide) groups is 1. The molecule has 2 fully saturated rings. The van der Waals surface area contributed by atoms with Gasteiger partial charge in [0.2, 0.25) is 0 Å². The van der Waals surface area contributed by atoms with E-state index in [0.717, 1.165) is 5.75 Å². The van der Waals surface area contributed by atoms with E-state index in [2.05, 4.69) is 5.32 Å². The number of nitrogens with zero attached hydrogens (tertiary/aromatic N) is 1. The fourth-order valence-electron chi connectivity index (χ4n) is 1.79. The van der Waals surface area contributed by atoms with Gasteiger partial charge in [-0.3, -0.25) is 0 Å². The Morgan fingerprint density at radius 2 is 2.64 bits per heavy atom. The molecule has 0 saturated carbocycles. The number of hydrogen-bond acceptors (Lipinski definition) is 4. The van der Waals surface area contributed by atoms with Gasteiger partial charge < -0.3 is 20.1 Å². The fraction of sp³-hybridized carbons (Fsp3) is 0.875. The molecule has 2 aliphatic rings. The van der Waals surface area contributed by atoms with Crippen molar-refractivity contribution in [2.45, 2.75) is 24.6 Å². The lowest BCUT2D eigenvalue weighted by atomic mass is 10.3. The normalized spacial score (nSPS) is 33.0. The van der Waals surface area contributed by atoms with Crippen LogP contribution >= 0.6 is 11.8 Å². The maximum absolute atomic E-state index is 11.4. The van der Waals surface area contributed by atoms with Crippen molar-refractivity contribution in [3.8, 4) is 0 Å². The van der Waals surface area contributed by atoms with Crippen LogP contribution < -0.4 is 5.32 Å². The Morgan fingerprint density at radius 3 is 3.36 bits per heavy atom. The molecule has 2 heterocycles. The third kappa shape index (κ3) is 1.57. The molecule has 0 aliphatic carbocycles. The molecule has 2 N–H and O–H groups in total. The third-order valence-corrected chi connectivity index (χ3v) is 3.77. The highest BCUT2D eigenvalue weighted by Crippen LogP contribution is 2.33. The lowest BCUT2D eigenvalue weighted by Gasteiger charge is -2.25. The molecule has 0 aromatic carbocycles. The largest absolute Gasteiger partial charge is 0.366 e. The van der Waals surface area contributed by atoms with Crippen molar-refractivity contribution in [3.63, 3.8) is 0 Å². The first-order chi connectivity index (χ1) is 6.74. The quantitative estimate of drug-likeness (QED) is 0.644. The molecule has 6 heteroatoms. The van der Waals surface area contributed by atoms with Crippen molar-refractivity contribution in [2.24, 2.45) is 0 Å². The Bertz CT molecular complexity index is 239. The lowest BCUT2D eigenvalue weighted by Crippen LogP contribution is -2.45. The van der Waals surface area contributed by atoms with E-state index in [-0.39, 0.29) is 17.4 Å². The monoisotopic (exact) mass is 218 g/mol. The molecule has 5 nitrogen and oxygen atoms in total. The first-order valence-electron chi connectivity index (χ1n) is 4.71. The lowest BCUT2D eigenvalue weighted by molar-refractivity contribution is -0.125. The van der Waals surface area contributed by atoms with Gasteiger partial charge in [0.25, 0.3) is 0 Å². The van der Waals surface area contributed by atoms with Gasteiger partial charge in [0.1, 0.15) is 0 Å². The highest BCUT2D eigenvalue weighted by atomic mass is 32.2. The average Bonchev–Trinajstić information content (AvgIpc) is 2.70. The van der Waals surface area contributed by atoms with E-state index < -0.39 is 6.29 Å². The second-order valence-corrected chi connectivity index (χ2v) is 4.51. The first-order valence-corrected chi connectivity index (χ1v) is 5.76. The Kier molecular flexibility index (Phi) is 2.85. The van der Waals surface area contributed by atoms with Crippen LogP contribution in [-0.2, 0) is 4.74 Å². The predicted octanol–water partition coefficient (Wildman–Crippen LogP) is -0.192. The summed E-state index contributed by atoms with van der Waals surface area (Å²) >= 11 is 1.68. The van der Waals surface area contributed by atoms with E-state index in [1.807, 2.05) is 6.92 Å². The van der Waals surface area contributed by atoms with Crippen molar-refractivity contribution in [3.05, 3.63) is 0 Å². The summed E-state index contributed by atoms with van der Waals surface area (Å²) in [6, 6.07) is -0.295. The molecule has 0 spiro atoms. The number of ether oxygens (including phenoxy) is 1. The van der Waals surface area contributed by atoms with Crippen LogP contribution in [0.1, 0.15) is 6.92 Å². The summed E-state index contributed by atoms with van der Waals surface area (Å²) in [5.41, 5.74) is 0. The average molecular weight is 218 g/mol. The van der Waals surface area contributed by atoms with Crippen molar-refractivity contribution in [1.82, 2.24) is 10.2 Å². The van der Waals surface area contributed by atoms with E-state index in [1.54, 1.807) is 16.7 Å².